The standard InChI is InChI=1S/C21H24N2O2/c1-12-9-14(3)20(15(4)10-12)23-19(24)11-18(21(23)25)22-17-8-6-7-13(2)16(17)5/h6-10,18,22H,11H2,1-5H3/t18-/m0/s1. The van der Waals surface area contributed by atoms with E-state index in [1.165, 1.54) is 4.90 Å². The van der Waals surface area contributed by atoms with Gasteiger partial charge in [-0.15, -0.1) is 0 Å². The zero-order chi connectivity index (χ0) is 18.3. The summed E-state index contributed by atoms with van der Waals surface area (Å²) in [5.41, 5.74) is 6.92. The third kappa shape index (κ3) is 3.04. The molecule has 1 fully saturated rings. The lowest BCUT2D eigenvalue weighted by Gasteiger charge is -2.21. The molecule has 0 saturated carbocycles. The summed E-state index contributed by atoms with van der Waals surface area (Å²) in [4.78, 5) is 26.9. The molecule has 0 spiro atoms. The molecule has 0 aliphatic carbocycles. The molecule has 0 aromatic heterocycles. The van der Waals surface area contributed by atoms with Crippen LogP contribution >= 0.6 is 0 Å². The van der Waals surface area contributed by atoms with Gasteiger partial charge in [-0.25, -0.2) is 4.90 Å². The lowest BCUT2D eigenvalue weighted by atomic mass is 10.0. The number of imide groups is 1. The van der Waals surface area contributed by atoms with Crippen LogP contribution in [0.25, 0.3) is 0 Å². The highest BCUT2D eigenvalue weighted by molar-refractivity contribution is 6.23. The van der Waals surface area contributed by atoms with Gasteiger partial charge in [-0.05, 0) is 62.9 Å². The minimum absolute atomic E-state index is 0.150. The minimum Gasteiger partial charge on any atom is -0.373 e. The molecule has 2 amide bonds. The van der Waals surface area contributed by atoms with Gasteiger partial charge < -0.3 is 5.32 Å². The second-order valence-electron chi connectivity index (χ2n) is 6.96. The van der Waals surface area contributed by atoms with Crippen molar-refractivity contribution in [3.8, 4) is 0 Å². The van der Waals surface area contributed by atoms with Crippen molar-refractivity contribution in [3.05, 3.63) is 58.1 Å². The molecular formula is C21H24N2O2. The average Bonchev–Trinajstić information content (AvgIpc) is 2.79. The van der Waals surface area contributed by atoms with Gasteiger partial charge in [0.2, 0.25) is 5.91 Å². The fourth-order valence-corrected chi connectivity index (χ4v) is 3.60. The van der Waals surface area contributed by atoms with Gasteiger partial charge >= 0.3 is 0 Å². The highest BCUT2D eigenvalue weighted by Crippen LogP contribution is 2.32. The monoisotopic (exact) mass is 336 g/mol. The second-order valence-corrected chi connectivity index (χ2v) is 6.96. The number of nitrogens with one attached hydrogen (secondary N) is 1. The van der Waals surface area contributed by atoms with E-state index in [9.17, 15) is 9.59 Å². The summed E-state index contributed by atoms with van der Waals surface area (Å²) in [5.74, 6) is -0.330. The van der Waals surface area contributed by atoms with Crippen molar-refractivity contribution >= 4 is 23.2 Å². The number of carbonyl (C=O) groups is 2. The minimum atomic E-state index is -0.520. The third-order valence-corrected chi connectivity index (χ3v) is 4.94. The van der Waals surface area contributed by atoms with Crippen molar-refractivity contribution in [1.29, 1.82) is 0 Å². The molecule has 2 aromatic rings. The van der Waals surface area contributed by atoms with Crippen LogP contribution in [0.4, 0.5) is 11.4 Å². The number of hydrogen-bond donors (Lipinski definition) is 1. The Hall–Kier alpha value is -2.62. The molecular weight excluding hydrogens is 312 g/mol. The van der Waals surface area contributed by atoms with Gasteiger partial charge in [0.1, 0.15) is 6.04 Å². The Morgan fingerprint density at radius 2 is 1.60 bits per heavy atom. The number of benzene rings is 2. The van der Waals surface area contributed by atoms with Crippen LogP contribution in [-0.4, -0.2) is 17.9 Å². The number of rotatable bonds is 3. The summed E-state index contributed by atoms with van der Waals surface area (Å²) in [6.45, 7) is 9.96. The fraction of sp³-hybridized carbons (Fsp3) is 0.333. The van der Waals surface area contributed by atoms with Crippen LogP contribution in [0.2, 0.25) is 0 Å². The normalized spacial score (nSPS) is 17.3. The van der Waals surface area contributed by atoms with E-state index in [0.717, 1.165) is 39.2 Å². The highest BCUT2D eigenvalue weighted by atomic mass is 16.2. The Morgan fingerprint density at radius 1 is 0.960 bits per heavy atom. The molecule has 1 aliphatic heterocycles. The van der Waals surface area contributed by atoms with Gasteiger partial charge in [0, 0.05) is 5.69 Å². The summed E-state index contributed by atoms with van der Waals surface area (Å²) in [6.07, 6.45) is 0.180. The zero-order valence-electron chi connectivity index (χ0n) is 15.4. The molecule has 0 radical (unpaired) electrons. The van der Waals surface area contributed by atoms with Crippen LogP contribution in [0.1, 0.15) is 34.2 Å². The number of anilines is 2. The van der Waals surface area contributed by atoms with Crippen LogP contribution in [0, 0.1) is 34.6 Å². The Morgan fingerprint density at radius 3 is 2.24 bits per heavy atom. The van der Waals surface area contributed by atoms with E-state index in [-0.39, 0.29) is 18.2 Å². The number of hydrogen-bond acceptors (Lipinski definition) is 3. The van der Waals surface area contributed by atoms with Gasteiger partial charge in [0.25, 0.3) is 5.91 Å². The first kappa shape index (κ1) is 17.2. The first-order chi connectivity index (χ1) is 11.8. The molecule has 2 aromatic carbocycles. The predicted octanol–water partition coefficient (Wildman–Crippen LogP) is 3.97. The maximum Gasteiger partial charge on any atom is 0.256 e. The molecule has 1 aliphatic rings. The van der Waals surface area contributed by atoms with E-state index in [1.807, 2.05) is 65.0 Å². The summed E-state index contributed by atoms with van der Waals surface area (Å²) in [6, 6.07) is 9.44. The molecule has 4 heteroatoms. The average molecular weight is 336 g/mol. The van der Waals surface area contributed by atoms with Gasteiger partial charge in [-0.3, -0.25) is 9.59 Å². The number of carbonyl (C=O) groups excluding carboxylic acids is 2. The van der Waals surface area contributed by atoms with E-state index in [0.29, 0.717) is 0 Å². The van der Waals surface area contributed by atoms with Crippen molar-refractivity contribution in [3.63, 3.8) is 0 Å². The molecule has 1 atom stereocenters. The molecule has 1 heterocycles. The van der Waals surface area contributed by atoms with Gasteiger partial charge in [0.05, 0.1) is 12.1 Å². The largest absolute Gasteiger partial charge is 0.373 e. The fourth-order valence-electron chi connectivity index (χ4n) is 3.60. The van der Waals surface area contributed by atoms with E-state index >= 15 is 0 Å². The maximum absolute atomic E-state index is 12.9. The van der Waals surface area contributed by atoms with Crippen molar-refractivity contribution in [2.24, 2.45) is 0 Å². The molecule has 4 nitrogen and oxygen atoms in total. The lowest BCUT2D eigenvalue weighted by Crippen LogP contribution is -2.35. The third-order valence-electron chi connectivity index (χ3n) is 4.94. The Balaban J connectivity index is 1.92. The van der Waals surface area contributed by atoms with E-state index in [4.69, 9.17) is 0 Å². The smallest absolute Gasteiger partial charge is 0.256 e. The van der Waals surface area contributed by atoms with E-state index in [1.54, 1.807) is 0 Å². The van der Waals surface area contributed by atoms with E-state index < -0.39 is 6.04 Å². The van der Waals surface area contributed by atoms with Crippen molar-refractivity contribution in [2.75, 3.05) is 10.2 Å². The number of nitrogens with zero attached hydrogens (tertiary/aromatic N) is 1. The van der Waals surface area contributed by atoms with Crippen LogP contribution in [0.5, 0.6) is 0 Å². The highest BCUT2D eigenvalue weighted by Gasteiger charge is 2.40. The van der Waals surface area contributed by atoms with Crippen molar-refractivity contribution < 1.29 is 9.59 Å². The first-order valence-electron chi connectivity index (χ1n) is 8.57. The maximum atomic E-state index is 12.9. The lowest BCUT2D eigenvalue weighted by molar-refractivity contribution is -0.121. The first-order valence-corrected chi connectivity index (χ1v) is 8.57. The SMILES string of the molecule is Cc1cc(C)c(N2C(=O)C[C@H](Nc3cccc(C)c3C)C2=O)c(C)c1. The van der Waals surface area contributed by atoms with Gasteiger partial charge in [-0.1, -0.05) is 29.8 Å². The van der Waals surface area contributed by atoms with Crippen LogP contribution in [0.15, 0.2) is 30.3 Å². The van der Waals surface area contributed by atoms with Crippen LogP contribution in [-0.2, 0) is 9.59 Å². The summed E-state index contributed by atoms with van der Waals surface area (Å²) in [5, 5.41) is 3.27. The Labute approximate surface area is 148 Å². The van der Waals surface area contributed by atoms with Gasteiger partial charge in [-0.2, -0.15) is 0 Å². The molecule has 25 heavy (non-hydrogen) atoms. The Bertz CT molecular complexity index is 847. The summed E-state index contributed by atoms with van der Waals surface area (Å²) < 4.78 is 0. The topological polar surface area (TPSA) is 49.4 Å². The summed E-state index contributed by atoms with van der Waals surface area (Å²) >= 11 is 0. The summed E-state index contributed by atoms with van der Waals surface area (Å²) in [7, 11) is 0. The van der Waals surface area contributed by atoms with Crippen molar-refractivity contribution in [1.82, 2.24) is 0 Å². The second kappa shape index (κ2) is 6.36. The predicted molar refractivity (Wildman–Crippen MR) is 101 cm³/mol. The molecule has 1 saturated heterocycles. The molecule has 0 unspecified atom stereocenters. The van der Waals surface area contributed by atoms with Crippen LogP contribution in [0.3, 0.4) is 0 Å². The quantitative estimate of drug-likeness (QED) is 0.863. The molecule has 3 rings (SSSR count). The van der Waals surface area contributed by atoms with E-state index in [2.05, 4.69) is 5.32 Å². The molecule has 130 valence electrons. The molecule has 1 N–H and O–H groups in total. The van der Waals surface area contributed by atoms with Gasteiger partial charge in [0.15, 0.2) is 0 Å². The number of aryl methyl sites for hydroxylation is 4. The Kier molecular flexibility index (Phi) is 4.38. The molecule has 0 bridgehead atoms. The number of amides is 2. The van der Waals surface area contributed by atoms with Crippen molar-refractivity contribution in [2.45, 2.75) is 47.1 Å². The zero-order valence-corrected chi connectivity index (χ0v) is 15.4. The van der Waals surface area contributed by atoms with Crippen LogP contribution < -0.4 is 10.2 Å².